The Balaban J connectivity index is 1.99. The molecule has 2 aliphatic heterocycles. The zero-order valence-electron chi connectivity index (χ0n) is 27.3. The maximum absolute atomic E-state index is 13.9. The zero-order chi connectivity index (χ0) is 31.4. The number of likely N-dealkylation sites (tertiary alicyclic amines) is 1. The van der Waals surface area contributed by atoms with Crippen molar-refractivity contribution in [3.05, 3.63) is 58.2 Å². The van der Waals surface area contributed by atoms with Crippen molar-refractivity contribution in [2.75, 3.05) is 58.5 Å². The first kappa shape index (κ1) is 34.2. The zero-order valence-corrected chi connectivity index (χ0v) is 27.3. The van der Waals surface area contributed by atoms with Crippen LogP contribution in [0.15, 0.2) is 47.1 Å². The number of amides is 2. The Hall–Kier alpha value is -3.30. The van der Waals surface area contributed by atoms with Crippen molar-refractivity contribution >= 4 is 18.0 Å². The fourth-order valence-electron chi connectivity index (χ4n) is 6.03. The number of anilines is 1. The quantitative estimate of drug-likeness (QED) is 0.174. The summed E-state index contributed by atoms with van der Waals surface area (Å²) in [5.74, 6) is 2.45. The summed E-state index contributed by atoms with van der Waals surface area (Å²) in [6, 6.07) is 4.38. The highest BCUT2D eigenvalue weighted by molar-refractivity contribution is 5.98. The molecule has 9 heteroatoms. The van der Waals surface area contributed by atoms with Crippen LogP contribution in [-0.4, -0.2) is 76.8 Å². The average molecular weight is 597 g/mol. The predicted octanol–water partition coefficient (Wildman–Crippen LogP) is 5.18. The van der Waals surface area contributed by atoms with Crippen LogP contribution in [0, 0.1) is 5.92 Å². The third-order valence-electron chi connectivity index (χ3n) is 8.51. The standard InChI is InChI=1S/C34H52N4O5/c1-8-29-30(34(40)35-22-24(4)33(41-7)19-25(5)36-23-39)20-28(43-32(9-2)26-11-15-37(6)16-12-26)21-31(29)38(10-3)27-13-17-42-18-14-27/h9,19-21,23,26-27H,8,10-18,22H2,1-7H3,(H,35,40)(H,36,39)/b25-19-,32-9-,33-24-. The van der Waals surface area contributed by atoms with Gasteiger partial charge in [-0.25, -0.2) is 0 Å². The van der Waals surface area contributed by atoms with Gasteiger partial charge >= 0.3 is 0 Å². The number of carbonyl (C=O) groups excluding carboxylic acids is 2. The molecule has 2 heterocycles. The molecule has 0 bridgehead atoms. The Labute approximate surface area is 258 Å². The van der Waals surface area contributed by atoms with Crippen LogP contribution in [0.5, 0.6) is 5.75 Å². The first-order chi connectivity index (χ1) is 20.8. The van der Waals surface area contributed by atoms with E-state index in [1.165, 1.54) is 0 Å². The van der Waals surface area contributed by atoms with E-state index < -0.39 is 0 Å². The SMILES string of the molecule is C/C=C(\Oc1cc(C(=O)NC/C(C)=C(/C=C(/C)NC=O)OC)c(CC)c(N(CC)C2CCOCC2)c1)C1CCN(C)CC1. The van der Waals surface area contributed by atoms with Gasteiger partial charge in [-0.05, 0) is 109 Å². The van der Waals surface area contributed by atoms with Gasteiger partial charge in [-0.3, -0.25) is 9.59 Å². The number of methoxy groups -OCH3 is 1. The fourth-order valence-corrected chi connectivity index (χ4v) is 6.03. The number of nitrogens with zero attached hydrogens (tertiary/aromatic N) is 2. The molecule has 238 valence electrons. The number of benzene rings is 1. The van der Waals surface area contributed by atoms with E-state index in [1.54, 1.807) is 20.1 Å². The van der Waals surface area contributed by atoms with E-state index in [9.17, 15) is 9.59 Å². The maximum Gasteiger partial charge on any atom is 0.252 e. The molecular weight excluding hydrogens is 544 g/mol. The van der Waals surface area contributed by atoms with Crippen LogP contribution in [0.4, 0.5) is 5.69 Å². The summed E-state index contributed by atoms with van der Waals surface area (Å²) in [4.78, 5) is 29.5. The van der Waals surface area contributed by atoms with Gasteiger partial charge < -0.3 is 34.6 Å². The summed E-state index contributed by atoms with van der Waals surface area (Å²) in [7, 11) is 3.74. The molecule has 3 rings (SSSR count). The average Bonchev–Trinajstić information content (AvgIpc) is 3.02. The Morgan fingerprint density at radius 2 is 1.84 bits per heavy atom. The minimum absolute atomic E-state index is 0.158. The van der Waals surface area contributed by atoms with Gasteiger partial charge in [-0.15, -0.1) is 0 Å². The van der Waals surface area contributed by atoms with Crippen LogP contribution in [0.3, 0.4) is 0 Å². The van der Waals surface area contributed by atoms with Gasteiger partial charge in [0.1, 0.15) is 17.3 Å². The molecular formula is C34H52N4O5. The number of rotatable bonds is 14. The smallest absolute Gasteiger partial charge is 0.252 e. The van der Waals surface area contributed by atoms with E-state index >= 15 is 0 Å². The van der Waals surface area contributed by atoms with E-state index in [0.29, 0.717) is 54.1 Å². The lowest BCUT2D eigenvalue weighted by Crippen LogP contribution is -2.40. The molecule has 0 spiro atoms. The lowest BCUT2D eigenvalue weighted by atomic mass is 9.94. The van der Waals surface area contributed by atoms with Crippen molar-refractivity contribution in [2.24, 2.45) is 5.92 Å². The number of hydrogen-bond acceptors (Lipinski definition) is 7. The summed E-state index contributed by atoms with van der Waals surface area (Å²) in [5.41, 5.74) is 4.18. The summed E-state index contributed by atoms with van der Waals surface area (Å²) in [6.45, 7) is 14.7. The first-order valence-corrected chi connectivity index (χ1v) is 15.7. The van der Waals surface area contributed by atoms with E-state index in [-0.39, 0.29) is 5.91 Å². The summed E-state index contributed by atoms with van der Waals surface area (Å²) in [6.07, 6.45) is 9.17. The highest BCUT2D eigenvalue weighted by Gasteiger charge is 2.27. The molecule has 1 aromatic carbocycles. The third-order valence-corrected chi connectivity index (χ3v) is 8.51. The van der Waals surface area contributed by atoms with Gasteiger partial charge in [0.25, 0.3) is 5.91 Å². The minimum atomic E-state index is -0.158. The van der Waals surface area contributed by atoms with E-state index in [4.69, 9.17) is 14.2 Å². The van der Waals surface area contributed by atoms with E-state index in [0.717, 1.165) is 81.1 Å². The van der Waals surface area contributed by atoms with Crippen molar-refractivity contribution in [3.8, 4) is 5.75 Å². The maximum atomic E-state index is 13.9. The van der Waals surface area contributed by atoms with Crippen LogP contribution >= 0.6 is 0 Å². The first-order valence-electron chi connectivity index (χ1n) is 15.7. The van der Waals surface area contributed by atoms with Gasteiger partial charge in [0.15, 0.2) is 0 Å². The lowest BCUT2D eigenvalue weighted by molar-refractivity contribution is -0.108. The van der Waals surface area contributed by atoms with E-state index in [1.807, 2.05) is 19.9 Å². The van der Waals surface area contributed by atoms with E-state index in [2.05, 4.69) is 53.5 Å². The third kappa shape index (κ3) is 9.34. The van der Waals surface area contributed by atoms with Gasteiger partial charge in [0, 0.05) is 61.3 Å². The van der Waals surface area contributed by atoms with Crippen LogP contribution in [0.2, 0.25) is 0 Å². The predicted molar refractivity (Wildman–Crippen MR) is 172 cm³/mol. The van der Waals surface area contributed by atoms with Crippen molar-refractivity contribution < 1.29 is 23.8 Å². The Morgan fingerprint density at radius 3 is 2.42 bits per heavy atom. The largest absolute Gasteiger partial charge is 0.497 e. The number of piperidine rings is 1. The Bertz CT molecular complexity index is 1180. The van der Waals surface area contributed by atoms with Crippen molar-refractivity contribution in [2.45, 2.75) is 72.8 Å². The molecule has 1 aromatic rings. The molecule has 2 saturated heterocycles. The molecule has 2 fully saturated rings. The molecule has 2 N–H and O–H groups in total. The molecule has 0 saturated carbocycles. The van der Waals surface area contributed by atoms with Crippen LogP contribution in [-0.2, 0) is 20.7 Å². The van der Waals surface area contributed by atoms with Gasteiger partial charge in [0.2, 0.25) is 6.41 Å². The molecule has 0 radical (unpaired) electrons. The second-order valence-corrected chi connectivity index (χ2v) is 11.4. The molecule has 9 nitrogen and oxygen atoms in total. The van der Waals surface area contributed by atoms with Gasteiger partial charge in [-0.1, -0.05) is 6.92 Å². The molecule has 43 heavy (non-hydrogen) atoms. The number of ether oxygens (including phenoxy) is 3. The molecule has 0 aliphatic carbocycles. The summed E-state index contributed by atoms with van der Waals surface area (Å²) < 4.78 is 17.8. The van der Waals surface area contributed by atoms with Gasteiger partial charge in [0.05, 0.1) is 7.11 Å². The van der Waals surface area contributed by atoms with Gasteiger partial charge in [-0.2, -0.15) is 0 Å². The summed E-state index contributed by atoms with van der Waals surface area (Å²) in [5, 5.41) is 5.73. The minimum Gasteiger partial charge on any atom is -0.497 e. The Kier molecular flexibility index (Phi) is 13.6. The van der Waals surface area contributed by atoms with Crippen LogP contribution < -0.4 is 20.3 Å². The fraction of sp³-hybridized carbons (Fsp3) is 0.588. The topological polar surface area (TPSA) is 92.4 Å². The normalized spacial score (nSPS) is 18.1. The lowest BCUT2D eigenvalue weighted by Gasteiger charge is -2.37. The van der Waals surface area contributed by atoms with Crippen molar-refractivity contribution in [1.29, 1.82) is 0 Å². The molecule has 0 atom stereocenters. The molecule has 0 unspecified atom stereocenters. The number of allylic oxidation sites excluding steroid dienone is 4. The van der Waals surface area contributed by atoms with Crippen molar-refractivity contribution in [1.82, 2.24) is 15.5 Å². The molecule has 2 aliphatic rings. The van der Waals surface area contributed by atoms with Crippen LogP contribution in [0.1, 0.15) is 76.2 Å². The second-order valence-electron chi connectivity index (χ2n) is 11.4. The molecule has 0 aromatic heterocycles. The Morgan fingerprint density at radius 1 is 1.14 bits per heavy atom. The second kappa shape index (κ2) is 17.1. The number of nitrogens with one attached hydrogen (secondary N) is 2. The molecule has 2 amide bonds. The number of carbonyl (C=O) groups is 2. The van der Waals surface area contributed by atoms with Crippen LogP contribution in [0.25, 0.3) is 0 Å². The van der Waals surface area contributed by atoms with Crippen molar-refractivity contribution in [3.63, 3.8) is 0 Å². The monoisotopic (exact) mass is 596 g/mol. The highest BCUT2D eigenvalue weighted by Crippen LogP contribution is 2.36. The highest BCUT2D eigenvalue weighted by atomic mass is 16.5. The summed E-state index contributed by atoms with van der Waals surface area (Å²) >= 11 is 0. The number of hydrogen-bond donors (Lipinski definition) is 2.